The van der Waals surface area contributed by atoms with Gasteiger partial charge < -0.3 is 10.1 Å². The Morgan fingerprint density at radius 2 is 2.44 bits per heavy atom. The van der Waals surface area contributed by atoms with Gasteiger partial charge in [0.15, 0.2) is 0 Å². The van der Waals surface area contributed by atoms with Gasteiger partial charge in [-0.25, -0.2) is 4.98 Å². The zero-order valence-electron chi connectivity index (χ0n) is 8.81. The largest absolute Gasteiger partial charge is 0.383 e. The van der Waals surface area contributed by atoms with Crippen molar-refractivity contribution in [1.82, 2.24) is 9.97 Å². The van der Waals surface area contributed by atoms with Crippen molar-refractivity contribution in [2.75, 3.05) is 19.0 Å². The number of rotatable bonds is 5. The molecule has 0 bridgehead atoms. The monoisotopic (exact) mass is 246 g/mol. The van der Waals surface area contributed by atoms with Crippen LogP contribution < -0.4 is 5.32 Å². The average Bonchev–Trinajstić information content (AvgIpc) is 2.17. The van der Waals surface area contributed by atoms with Crippen LogP contribution in [0, 0.1) is 10.1 Å². The molecule has 0 aliphatic rings. The molecule has 7 nitrogen and oxygen atoms in total. The van der Waals surface area contributed by atoms with Crippen LogP contribution in [-0.4, -0.2) is 34.6 Å². The molecule has 88 valence electrons. The van der Waals surface area contributed by atoms with Crippen molar-refractivity contribution in [3.63, 3.8) is 0 Å². The molecule has 0 fully saturated rings. The first-order valence-electron chi connectivity index (χ1n) is 4.47. The second kappa shape index (κ2) is 5.57. The topological polar surface area (TPSA) is 90.2 Å². The Morgan fingerprint density at radius 1 is 1.75 bits per heavy atom. The lowest BCUT2D eigenvalue weighted by Gasteiger charge is -2.12. The smallest absolute Gasteiger partial charge is 0.329 e. The highest BCUT2D eigenvalue weighted by Crippen LogP contribution is 2.22. The van der Waals surface area contributed by atoms with Crippen molar-refractivity contribution >= 4 is 23.1 Å². The lowest BCUT2D eigenvalue weighted by atomic mass is 10.3. The minimum Gasteiger partial charge on any atom is -0.383 e. The average molecular weight is 247 g/mol. The van der Waals surface area contributed by atoms with Crippen LogP contribution in [0.1, 0.15) is 6.92 Å². The van der Waals surface area contributed by atoms with Crippen molar-refractivity contribution in [2.45, 2.75) is 13.0 Å². The van der Waals surface area contributed by atoms with Crippen molar-refractivity contribution in [3.05, 3.63) is 21.6 Å². The summed E-state index contributed by atoms with van der Waals surface area (Å²) in [5.41, 5.74) is -0.215. The third-order valence-corrected chi connectivity index (χ3v) is 1.92. The van der Waals surface area contributed by atoms with E-state index in [0.29, 0.717) is 6.61 Å². The van der Waals surface area contributed by atoms with Crippen LogP contribution in [-0.2, 0) is 4.74 Å². The summed E-state index contributed by atoms with van der Waals surface area (Å²) in [5, 5.41) is 13.5. The summed E-state index contributed by atoms with van der Waals surface area (Å²) in [7, 11) is 1.54. The van der Waals surface area contributed by atoms with Gasteiger partial charge in [-0.1, -0.05) is 0 Å². The molecule has 1 aromatic heterocycles. The van der Waals surface area contributed by atoms with Crippen LogP contribution in [0.15, 0.2) is 6.20 Å². The molecule has 0 saturated heterocycles. The third-order valence-electron chi connectivity index (χ3n) is 1.74. The molecule has 1 atom stereocenters. The van der Waals surface area contributed by atoms with Gasteiger partial charge in [0.1, 0.15) is 6.20 Å². The van der Waals surface area contributed by atoms with E-state index in [1.165, 1.54) is 0 Å². The summed E-state index contributed by atoms with van der Waals surface area (Å²) in [6.07, 6.45) is 1.07. The maximum atomic E-state index is 10.7. The number of aromatic nitrogens is 2. The van der Waals surface area contributed by atoms with Gasteiger partial charge in [0, 0.05) is 13.2 Å². The molecule has 0 amide bonds. The Morgan fingerprint density at radius 3 is 3.00 bits per heavy atom. The van der Waals surface area contributed by atoms with Crippen LogP contribution in [0.3, 0.4) is 0 Å². The normalized spacial score (nSPS) is 12.2. The van der Waals surface area contributed by atoms with Gasteiger partial charge in [-0.3, -0.25) is 10.1 Å². The summed E-state index contributed by atoms with van der Waals surface area (Å²) < 4.78 is 4.90. The Labute approximate surface area is 97.0 Å². The van der Waals surface area contributed by atoms with Crippen molar-refractivity contribution in [3.8, 4) is 0 Å². The minimum absolute atomic E-state index is 0.0438. The predicted octanol–water partition coefficient (Wildman–Crippen LogP) is 1.48. The van der Waals surface area contributed by atoms with E-state index in [-0.39, 0.29) is 22.8 Å². The van der Waals surface area contributed by atoms with E-state index in [2.05, 4.69) is 15.3 Å². The van der Waals surface area contributed by atoms with Gasteiger partial charge in [-0.15, -0.1) is 0 Å². The maximum absolute atomic E-state index is 10.7. The molecule has 1 N–H and O–H groups in total. The lowest BCUT2D eigenvalue weighted by molar-refractivity contribution is -0.384. The minimum atomic E-state index is -0.571. The van der Waals surface area contributed by atoms with E-state index in [1.807, 2.05) is 6.92 Å². The van der Waals surface area contributed by atoms with Crippen molar-refractivity contribution < 1.29 is 9.66 Å². The summed E-state index contributed by atoms with van der Waals surface area (Å²) in [5.74, 6) is 0.0922. The first-order chi connectivity index (χ1) is 7.54. The number of nitrogens with one attached hydrogen (secondary N) is 1. The fourth-order valence-electron chi connectivity index (χ4n) is 1.12. The third kappa shape index (κ3) is 3.28. The Hall–Kier alpha value is -1.47. The summed E-state index contributed by atoms with van der Waals surface area (Å²) in [6.45, 7) is 2.21. The highest BCUT2D eigenvalue weighted by atomic mass is 35.5. The number of hydrogen-bond acceptors (Lipinski definition) is 6. The van der Waals surface area contributed by atoms with Crippen LogP contribution in [0.25, 0.3) is 0 Å². The van der Waals surface area contributed by atoms with Gasteiger partial charge in [-0.05, 0) is 18.5 Å². The molecular formula is C8H11ClN4O3. The molecule has 0 spiro atoms. The first kappa shape index (κ1) is 12.6. The Bertz CT molecular complexity index is 388. The number of anilines is 1. The summed E-state index contributed by atoms with van der Waals surface area (Å²) in [6, 6.07) is -0.116. The molecular weight excluding hydrogens is 236 g/mol. The van der Waals surface area contributed by atoms with Crippen molar-refractivity contribution in [2.24, 2.45) is 0 Å². The zero-order valence-corrected chi connectivity index (χ0v) is 9.56. The molecule has 16 heavy (non-hydrogen) atoms. The summed E-state index contributed by atoms with van der Waals surface area (Å²) in [4.78, 5) is 17.4. The maximum Gasteiger partial charge on any atom is 0.329 e. The quantitative estimate of drug-likeness (QED) is 0.481. The molecule has 0 aromatic carbocycles. The molecule has 8 heteroatoms. The predicted molar refractivity (Wildman–Crippen MR) is 58.7 cm³/mol. The molecule has 0 aliphatic carbocycles. The van der Waals surface area contributed by atoms with E-state index in [1.54, 1.807) is 7.11 Å². The molecule has 0 saturated carbocycles. The zero-order chi connectivity index (χ0) is 12.1. The van der Waals surface area contributed by atoms with Crippen LogP contribution in [0.4, 0.5) is 11.5 Å². The second-order valence-corrected chi connectivity index (χ2v) is 3.47. The van der Waals surface area contributed by atoms with E-state index >= 15 is 0 Å². The molecule has 0 aliphatic heterocycles. The number of hydrogen-bond donors (Lipinski definition) is 1. The number of nitrogens with zero attached hydrogens (tertiary/aromatic N) is 3. The molecule has 0 radical (unpaired) electrons. The van der Waals surface area contributed by atoms with E-state index in [9.17, 15) is 10.1 Å². The first-order valence-corrected chi connectivity index (χ1v) is 4.84. The van der Waals surface area contributed by atoms with Gasteiger partial charge in [0.2, 0.25) is 11.1 Å². The number of methoxy groups -OCH3 is 1. The van der Waals surface area contributed by atoms with Crippen LogP contribution >= 0.6 is 11.6 Å². The van der Waals surface area contributed by atoms with Crippen LogP contribution in [0.5, 0.6) is 0 Å². The van der Waals surface area contributed by atoms with Crippen molar-refractivity contribution in [1.29, 1.82) is 0 Å². The highest BCUT2D eigenvalue weighted by molar-refractivity contribution is 6.28. The molecule has 1 rings (SSSR count). The molecule has 1 aromatic rings. The van der Waals surface area contributed by atoms with Crippen LogP contribution in [0.2, 0.25) is 5.28 Å². The van der Waals surface area contributed by atoms with Gasteiger partial charge >= 0.3 is 5.69 Å². The highest BCUT2D eigenvalue weighted by Gasteiger charge is 2.18. The lowest BCUT2D eigenvalue weighted by Crippen LogP contribution is -2.22. The standard InChI is InChI=1S/C8H11ClN4O3/c1-5(4-16-2)11-7-6(13(14)15)3-10-8(9)12-7/h3,5H,4H2,1-2H3,(H,10,11,12). The number of nitro groups is 1. The summed E-state index contributed by atoms with van der Waals surface area (Å²) >= 11 is 5.57. The van der Waals surface area contributed by atoms with Gasteiger partial charge in [-0.2, -0.15) is 4.98 Å². The molecule has 1 unspecified atom stereocenters. The Kier molecular flexibility index (Phi) is 4.39. The number of ether oxygens (including phenoxy) is 1. The fraction of sp³-hybridized carbons (Fsp3) is 0.500. The number of halogens is 1. The van der Waals surface area contributed by atoms with E-state index in [4.69, 9.17) is 16.3 Å². The van der Waals surface area contributed by atoms with Gasteiger partial charge in [0.25, 0.3) is 0 Å². The fourth-order valence-corrected chi connectivity index (χ4v) is 1.25. The SMILES string of the molecule is COCC(C)Nc1nc(Cl)ncc1[N+](=O)[O-]. The van der Waals surface area contributed by atoms with Gasteiger partial charge in [0.05, 0.1) is 11.5 Å². The second-order valence-electron chi connectivity index (χ2n) is 3.13. The molecule has 1 heterocycles. The van der Waals surface area contributed by atoms with E-state index in [0.717, 1.165) is 6.20 Å². The van der Waals surface area contributed by atoms with E-state index < -0.39 is 4.92 Å². The Balaban J connectivity index is 2.92.